The Morgan fingerprint density at radius 2 is 2.50 bits per heavy atom. The van der Waals surface area contributed by atoms with Crippen molar-refractivity contribution >= 4 is 11.5 Å². The van der Waals surface area contributed by atoms with Gasteiger partial charge in [0.2, 0.25) is 0 Å². The molecular weight excluding hydrogens is 174 g/mol. The molecule has 0 fully saturated rings. The summed E-state index contributed by atoms with van der Waals surface area (Å²) in [7, 11) is 0. The van der Waals surface area contributed by atoms with Crippen molar-refractivity contribution in [2.24, 2.45) is 0 Å². The molecule has 68 valence electrons. The number of aliphatic hydroxyl groups excluding tert-OH is 1. The van der Waals surface area contributed by atoms with Crippen molar-refractivity contribution in [2.45, 2.75) is 13.5 Å². The van der Waals surface area contributed by atoms with E-state index in [1.54, 1.807) is 0 Å². The molecule has 0 bridgehead atoms. The van der Waals surface area contributed by atoms with Crippen LogP contribution in [0.5, 0.6) is 0 Å². The SMILES string of the molecule is CCN(CCO)Cc1csnn1. The third kappa shape index (κ3) is 2.84. The largest absolute Gasteiger partial charge is 0.395 e. The van der Waals surface area contributed by atoms with Crippen molar-refractivity contribution in [3.05, 3.63) is 11.1 Å². The first-order valence-corrected chi connectivity index (χ1v) is 4.79. The molecule has 1 N–H and O–H groups in total. The van der Waals surface area contributed by atoms with Gasteiger partial charge in [-0.3, -0.25) is 4.90 Å². The van der Waals surface area contributed by atoms with Crippen molar-refractivity contribution < 1.29 is 5.11 Å². The summed E-state index contributed by atoms with van der Waals surface area (Å²) in [6.07, 6.45) is 0. The molecule has 5 heteroatoms. The molecule has 0 saturated carbocycles. The topological polar surface area (TPSA) is 49.2 Å². The minimum absolute atomic E-state index is 0.200. The lowest BCUT2D eigenvalue weighted by Crippen LogP contribution is -2.26. The Bertz CT molecular complexity index is 202. The maximum Gasteiger partial charge on any atom is 0.0895 e. The van der Waals surface area contributed by atoms with Gasteiger partial charge in [-0.2, -0.15) is 0 Å². The molecule has 0 radical (unpaired) electrons. The average Bonchev–Trinajstić information content (AvgIpc) is 2.56. The third-order valence-electron chi connectivity index (χ3n) is 1.65. The Balaban J connectivity index is 2.37. The predicted octanol–water partition coefficient (Wildman–Crippen LogP) is 0.352. The van der Waals surface area contributed by atoms with E-state index < -0.39 is 0 Å². The molecule has 1 heterocycles. The Morgan fingerprint density at radius 1 is 1.67 bits per heavy atom. The number of aliphatic hydroxyl groups is 1. The van der Waals surface area contributed by atoms with Crippen LogP contribution in [-0.4, -0.2) is 39.3 Å². The monoisotopic (exact) mass is 187 g/mol. The Morgan fingerprint density at radius 3 is 3.00 bits per heavy atom. The quantitative estimate of drug-likeness (QED) is 0.722. The molecule has 4 nitrogen and oxygen atoms in total. The molecule has 0 aliphatic rings. The average molecular weight is 187 g/mol. The molecule has 1 aromatic heterocycles. The van der Waals surface area contributed by atoms with E-state index in [1.807, 2.05) is 5.38 Å². The van der Waals surface area contributed by atoms with Gasteiger partial charge in [-0.05, 0) is 18.1 Å². The molecule has 0 atom stereocenters. The van der Waals surface area contributed by atoms with Gasteiger partial charge in [-0.1, -0.05) is 11.4 Å². The normalized spacial score (nSPS) is 10.9. The molecule has 0 spiro atoms. The minimum atomic E-state index is 0.200. The summed E-state index contributed by atoms with van der Waals surface area (Å²) in [4.78, 5) is 2.12. The van der Waals surface area contributed by atoms with E-state index in [1.165, 1.54) is 11.5 Å². The Kier molecular flexibility index (Phi) is 4.13. The van der Waals surface area contributed by atoms with Gasteiger partial charge in [0.15, 0.2) is 0 Å². The van der Waals surface area contributed by atoms with Crippen molar-refractivity contribution in [1.82, 2.24) is 14.5 Å². The van der Waals surface area contributed by atoms with Crippen LogP contribution < -0.4 is 0 Å². The van der Waals surface area contributed by atoms with Crippen molar-refractivity contribution in [3.8, 4) is 0 Å². The molecule has 1 rings (SSSR count). The van der Waals surface area contributed by atoms with Crippen molar-refractivity contribution in [1.29, 1.82) is 0 Å². The molecule has 0 amide bonds. The summed E-state index contributed by atoms with van der Waals surface area (Å²) in [5.41, 5.74) is 0.982. The van der Waals surface area contributed by atoms with Crippen LogP contribution in [0.15, 0.2) is 5.38 Å². The lowest BCUT2D eigenvalue weighted by Gasteiger charge is -2.16. The third-order valence-corrected chi connectivity index (χ3v) is 2.21. The molecule has 0 aliphatic heterocycles. The first-order chi connectivity index (χ1) is 5.86. The second-order valence-electron chi connectivity index (χ2n) is 2.49. The highest BCUT2D eigenvalue weighted by atomic mass is 32.1. The number of hydrogen-bond acceptors (Lipinski definition) is 5. The zero-order valence-electron chi connectivity index (χ0n) is 7.10. The second kappa shape index (κ2) is 5.18. The summed E-state index contributed by atoms with van der Waals surface area (Å²) >= 11 is 1.36. The summed E-state index contributed by atoms with van der Waals surface area (Å²) in [6, 6.07) is 0. The van der Waals surface area contributed by atoms with E-state index in [0.717, 1.165) is 18.8 Å². The molecule has 1 aromatic rings. The first kappa shape index (κ1) is 9.57. The van der Waals surface area contributed by atoms with Gasteiger partial charge in [0.1, 0.15) is 0 Å². The fourth-order valence-corrected chi connectivity index (χ4v) is 1.41. The molecular formula is C7H13N3OS. The van der Waals surface area contributed by atoms with Gasteiger partial charge in [0, 0.05) is 18.5 Å². The number of hydrogen-bond donors (Lipinski definition) is 1. The van der Waals surface area contributed by atoms with E-state index >= 15 is 0 Å². The van der Waals surface area contributed by atoms with Gasteiger partial charge < -0.3 is 5.11 Å². The molecule has 0 aromatic carbocycles. The maximum absolute atomic E-state index is 8.72. The predicted molar refractivity (Wildman–Crippen MR) is 47.9 cm³/mol. The van der Waals surface area contributed by atoms with E-state index in [-0.39, 0.29) is 6.61 Å². The minimum Gasteiger partial charge on any atom is -0.395 e. The molecule has 12 heavy (non-hydrogen) atoms. The van der Waals surface area contributed by atoms with Gasteiger partial charge in [-0.25, -0.2) is 0 Å². The van der Waals surface area contributed by atoms with Crippen LogP contribution in [0.4, 0.5) is 0 Å². The second-order valence-corrected chi connectivity index (χ2v) is 3.10. The molecule has 0 aliphatic carbocycles. The van der Waals surface area contributed by atoms with Crippen LogP contribution in [-0.2, 0) is 6.54 Å². The first-order valence-electron chi connectivity index (χ1n) is 3.96. The highest BCUT2D eigenvalue weighted by Gasteiger charge is 2.03. The maximum atomic E-state index is 8.72. The van der Waals surface area contributed by atoms with Gasteiger partial charge in [0.05, 0.1) is 12.3 Å². The number of aromatic nitrogens is 2. The summed E-state index contributed by atoms with van der Waals surface area (Å²) in [5, 5.41) is 14.6. The fraction of sp³-hybridized carbons (Fsp3) is 0.714. The van der Waals surface area contributed by atoms with E-state index in [9.17, 15) is 0 Å². The standard InChI is InChI=1S/C7H13N3OS/c1-2-10(3-4-11)5-7-6-12-9-8-7/h6,11H,2-5H2,1H3. The van der Waals surface area contributed by atoms with Crippen LogP contribution in [0.3, 0.4) is 0 Å². The van der Waals surface area contributed by atoms with Gasteiger partial charge >= 0.3 is 0 Å². The lowest BCUT2D eigenvalue weighted by molar-refractivity contribution is 0.195. The zero-order chi connectivity index (χ0) is 8.81. The van der Waals surface area contributed by atoms with Gasteiger partial charge in [0.25, 0.3) is 0 Å². The molecule has 0 saturated heterocycles. The highest BCUT2D eigenvalue weighted by molar-refractivity contribution is 7.03. The summed E-state index contributed by atoms with van der Waals surface area (Å²) in [6.45, 7) is 4.68. The molecule has 0 unspecified atom stereocenters. The smallest absolute Gasteiger partial charge is 0.0895 e. The lowest BCUT2D eigenvalue weighted by atomic mass is 10.4. The van der Waals surface area contributed by atoms with Crippen LogP contribution in [0.25, 0.3) is 0 Å². The zero-order valence-corrected chi connectivity index (χ0v) is 7.92. The number of rotatable bonds is 5. The summed E-state index contributed by atoms with van der Waals surface area (Å²) < 4.78 is 3.77. The van der Waals surface area contributed by atoms with Crippen molar-refractivity contribution in [3.63, 3.8) is 0 Å². The Labute approximate surface area is 76.0 Å². The van der Waals surface area contributed by atoms with Crippen LogP contribution in [0, 0.1) is 0 Å². The Hall–Kier alpha value is -0.520. The van der Waals surface area contributed by atoms with E-state index in [2.05, 4.69) is 21.4 Å². The summed E-state index contributed by atoms with van der Waals surface area (Å²) in [5.74, 6) is 0. The fourth-order valence-electron chi connectivity index (χ4n) is 0.972. The van der Waals surface area contributed by atoms with Crippen LogP contribution in [0.2, 0.25) is 0 Å². The van der Waals surface area contributed by atoms with Crippen LogP contribution >= 0.6 is 11.5 Å². The van der Waals surface area contributed by atoms with E-state index in [0.29, 0.717) is 6.54 Å². The van der Waals surface area contributed by atoms with Gasteiger partial charge in [-0.15, -0.1) is 5.10 Å². The number of nitrogens with zero attached hydrogens (tertiary/aromatic N) is 3. The van der Waals surface area contributed by atoms with Crippen molar-refractivity contribution in [2.75, 3.05) is 19.7 Å². The van der Waals surface area contributed by atoms with Crippen LogP contribution in [0.1, 0.15) is 12.6 Å². The number of likely N-dealkylation sites (N-methyl/N-ethyl adjacent to an activating group) is 1. The highest BCUT2D eigenvalue weighted by Crippen LogP contribution is 2.01. The van der Waals surface area contributed by atoms with E-state index in [4.69, 9.17) is 5.11 Å².